The summed E-state index contributed by atoms with van der Waals surface area (Å²) in [5.74, 6) is 0.248. The van der Waals surface area contributed by atoms with Crippen molar-refractivity contribution in [2.75, 3.05) is 11.1 Å². The van der Waals surface area contributed by atoms with Crippen molar-refractivity contribution in [3.8, 4) is 0 Å². The first-order valence-corrected chi connectivity index (χ1v) is 6.83. The Morgan fingerprint density at radius 1 is 1.37 bits per heavy atom. The van der Waals surface area contributed by atoms with Gasteiger partial charge in [0, 0.05) is 5.69 Å². The molecule has 2 heterocycles. The largest absolute Gasteiger partial charge is 0.368 e. The molecule has 1 aliphatic heterocycles. The average Bonchev–Trinajstić information content (AvgIpc) is 2.74. The Morgan fingerprint density at radius 2 is 2.21 bits per heavy atom. The summed E-state index contributed by atoms with van der Waals surface area (Å²) in [6, 6.07) is 7.86. The molecule has 1 aliphatic rings. The monoisotopic (exact) mass is 275 g/mol. The maximum absolute atomic E-state index is 12.2. The quantitative estimate of drug-likeness (QED) is 0.770. The summed E-state index contributed by atoms with van der Waals surface area (Å²) in [4.78, 5) is 16.2. The van der Waals surface area contributed by atoms with E-state index in [0.717, 1.165) is 24.1 Å². The number of carbonyl (C=O) groups excluding carboxylic acids is 1. The summed E-state index contributed by atoms with van der Waals surface area (Å²) in [5.41, 5.74) is 7.53. The van der Waals surface area contributed by atoms with E-state index in [0.29, 0.717) is 5.16 Å². The van der Waals surface area contributed by atoms with Crippen LogP contribution in [0, 0.1) is 0 Å². The third-order valence-electron chi connectivity index (χ3n) is 2.97. The number of para-hydroxylation sites is 1. The van der Waals surface area contributed by atoms with E-state index in [2.05, 4.69) is 20.5 Å². The number of carbonyl (C=O) groups is 1. The molecule has 0 aliphatic carbocycles. The first kappa shape index (κ1) is 12.0. The number of rotatable bonds is 2. The molecule has 0 radical (unpaired) electrons. The fourth-order valence-corrected chi connectivity index (χ4v) is 2.95. The second-order valence-electron chi connectivity index (χ2n) is 4.29. The van der Waals surface area contributed by atoms with Gasteiger partial charge in [0.25, 0.3) is 0 Å². The zero-order valence-corrected chi connectivity index (χ0v) is 10.9. The van der Waals surface area contributed by atoms with E-state index in [1.807, 2.05) is 24.3 Å². The number of hydrogen-bond donors (Lipinski definition) is 3. The van der Waals surface area contributed by atoms with Crippen molar-refractivity contribution < 1.29 is 4.79 Å². The fourth-order valence-electron chi connectivity index (χ4n) is 2.04. The summed E-state index contributed by atoms with van der Waals surface area (Å²) in [6.07, 6.45) is 1.61. The number of H-pyrrole nitrogens is 1. The predicted molar refractivity (Wildman–Crippen MR) is 73.8 cm³/mol. The van der Waals surface area contributed by atoms with E-state index in [4.69, 9.17) is 5.73 Å². The lowest BCUT2D eigenvalue weighted by Gasteiger charge is -2.09. The molecule has 98 valence electrons. The fraction of sp³-hybridized carbons (Fsp3) is 0.250. The van der Waals surface area contributed by atoms with Crippen molar-refractivity contribution in [3.05, 3.63) is 29.8 Å². The Bertz CT molecular complexity index is 612. The molecule has 0 spiro atoms. The Kier molecular flexibility index (Phi) is 3.12. The van der Waals surface area contributed by atoms with E-state index >= 15 is 0 Å². The molecule has 0 saturated carbocycles. The summed E-state index contributed by atoms with van der Waals surface area (Å²) in [6.45, 7) is 0. The number of nitrogen functional groups attached to an aromatic ring is 1. The number of nitrogens with two attached hydrogens (primary N) is 1. The number of benzene rings is 1. The van der Waals surface area contributed by atoms with Crippen LogP contribution in [-0.2, 0) is 11.2 Å². The minimum absolute atomic E-state index is 0.0154. The molecule has 1 atom stereocenters. The predicted octanol–water partition coefficient (Wildman–Crippen LogP) is 1.43. The minimum Gasteiger partial charge on any atom is -0.368 e. The molecule has 0 saturated heterocycles. The van der Waals surface area contributed by atoms with Gasteiger partial charge in [-0.05, 0) is 24.5 Å². The lowest BCUT2D eigenvalue weighted by molar-refractivity contribution is -0.115. The molecule has 0 unspecified atom stereocenters. The number of aryl methyl sites for hydroxylation is 1. The Labute approximate surface area is 114 Å². The highest BCUT2D eigenvalue weighted by atomic mass is 32.2. The summed E-state index contributed by atoms with van der Waals surface area (Å²) in [7, 11) is 0. The average molecular weight is 275 g/mol. The van der Waals surface area contributed by atoms with Gasteiger partial charge in [0.2, 0.25) is 17.0 Å². The number of hydrogen-bond acceptors (Lipinski definition) is 5. The van der Waals surface area contributed by atoms with Crippen molar-refractivity contribution in [2.45, 2.75) is 23.2 Å². The molecule has 3 rings (SSSR count). The van der Waals surface area contributed by atoms with Crippen molar-refractivity contribution in [1.82, 2.24) is 15.2 Å². The minimum atomic E-state index is -0.206. The van der Waals surface area contributed by atoms with Crippen LogP contribution in [0.3, 0.4) is 0 Å². The van der Waals surface area contributed by atoms with Crippen LogP contribution in [0.15, 0.2) is 29.4 Å². The first-order chi connectivity index (χ1) is 9.22. The van der Waals surface area contributed by atoms with Gasteiger partial charge < -0.3 is 11.1 Å². The Hall–Kier alpha value is -2.02. The number of nitrogens with zero attached hydrogens (tertiary/aromatic N) is 2. The molecular weight excluding hydrogens is 262 g/mol. The highest BCUT2D eigenvalue weighted by Gasteiger charge is 2.25. The topological polar surface area (TPSA) is 96.7 Å². The second kappa shape index (κ2) is 4.93. The van der Waals surface area contributed by atoms with Gasteiger partial charge >= 0.3 is 0 Å². The van der Waals surface area contributed by atoms with Gasteiger partial charge in [-0.2, -0.15) is 4.98 Å². The molecule has 1 amide bonds. The summed E-state index contributed by atoms with van der Waals surface area (Å²) in [5, 5.41) is 9.76. The third-order valence-corrected chi connectivity index (χ3v) is 4.10. The number of anilines is 2. The number of nitrogens with one attached hydrogen (secondary N) is 2. The van der Waals surface area contributed by atoms with Crippen LogP contribution in [-0.4, -0.2) is 26.3 Å². The van der Waals surface area contributed by atoms with Gasteiger partial charge in [0.1, 0.15) is 0 Å². The zero-order valence-electron chi connectivity index (χ0n) is 10.1. The van der Waals surface area contributed by atoms with E-state index in [1.54, 1.807) is 0 Å². The number of thioether (sulfide) groups is 1. The SMILES string of the molecule is Nc1nc(S[C@H]2CCc3ccccc3NC2=O)n[nH]1. The van der Waals surface area contributed by atoms with E-state index in [1.165, 1.54) is 11.8 Å². The Morgan fingerprint density at radius 3 is 3.00 bits per heavy atom. The van der Waals surface area contributed by atoms with E-state index < -0.39 is 0 Å². The van der Waals surface area contributed by atoms with E-state index in [9.17, 15) is 4.79 Å². The van der Waals surface area contributed by atoms with Crippen molar-refractivity contribution in [3.63, 3.8) is 0 Å². The first-order valence-electron chi connectivity index (χ1n) is 5.95. The van der Waals surface area contributed by atoms with Crippen LogP contribution in [0.4, 0.5) is 11.6 Å². The molecule has 0 fully saturated rings. The molecule has 4 N–H and O–H groups in total. The molecule has 1 aromatic carbocycles. The van der Waals surface area contributed by atoms with Crippen LogP contribution in [0.1, 0.15) is 12.0 Å². The highest BCUT2D eigenvalue weighted by molar-refractivity contribution is 8.00. The molecule has 2 aromatic rings. The molecule has 1 aromatic heterocycles. The highest BCUT2D eigenvalue weighted by Crippen LogP contribution is 2.29. The van der Waals surface area contributed by atoms with Crippen molar-refractivity contribution >= 4 is 29.3 Å². The molecule has 6 nitrogen and oxygen atoms in total. The lowest BCUT2D eigenvalue weighted by Crippen LogP contribution is -2.23. The van der Waals surface area contributed by atoms with Gasteiger partial charge in [0.05, 0.1) is 5.25 Å². The maximum atomic E-state index is 12.2. The molecule has 0 bridgehead atoms. The van der Waals surface area contributed by atoms with Crippen LogP contribution < -0.4 is 11.1 Å². The smallest absolute Gasteiger partial charge is 0.237 e. The molecular formula is C12H13N5OS. The van der Waals surface area contributed by atoms with Crippen LogP contribution >= 0.6 is 11.8 Å². The van der Waals surface area contributed by atoms with E-state index in [-0.39, 0.29) is 17.1 Å². The lowest BCUT2D eigenvalue weighted by atomic mass is 10.1. The van der Waals surface area contributed by atoms with Crippen LogP contribution in [0.2, 0.25) is 0 Å². The normalized spacial score (nSPS) is 18.5. The van der Waals surface area contributed by atoms with Gasteiger partial charge in [-0.15, -0.1) is 5.10 Å². The molecule has 7 heteroatoms. The van der Waals surface area contributed by atoms with Gasteiger partial charge in [-0.3, -0.25) is 4.79 Å². The third kappa shape index (κ3) is 2.55. The maximum Gasteiger partial charge on any atom is 0.237 e. The summed E-state index contributed by atoms with van der Waals surface area (Å²) < 4.78 is 0. The molecule has 19 heavy (non-hydrogen) atoms. The number of aromatic amines is 1. The van der Waals surface area contributed by atoms with Gasteiger partial charge in [0.15, 0.2) is 0 Å². The van der Waals surface area contributed by atoms with Crippen LogP contribution in [0.5, 0.6) is 0 Å². The van der Waals surface area contributed by atoms with Crippen LogP contribution in [0.25, 0.3) is 0 Å². The number of amides is 1. The number of aromatic nitrogens is 3. The van der Waals surface area contributed by atoms with Crippen molar-refractivity contribution in [1.29, 1.82) is 0 Å². The zero-order chi connectivity index (χ0) is 13.2. The van der Waals surface area contributed by atoms with Gasteiger partial charge in [-0.25, -0.2) is 5.10 Å². The standard InChI is InChI=1S/C12H13N5OS/c13-11-15-12(17-16-11)19-9-6-5-7-3-1-2-4-8(7)14-10(9)18/h1-4,9H,5-6H2,(H,14,18)(H3,13,15,16,17)/t9-/m0/s1. The van der Waals surface area contributed by atoms with Crippen molar-refractivity contribution in [2.24, 2.45) is 0 Å². The Balaban J connectivity index is 1.77. The second-order valence-corrected chi connectivity index (χ2v) is 5.46. The summed E-state index contributed by atoms with van der Waals surface area (Å²) >= 11 is 1.33. The number of fused-ring (bicyclic) bond motifs is 1. The van der Waals surface area contributed by atoms with Gasteiger partial charge in [-0.1, -0.05) is 30.0 Å².